The number of aliphatic hydroxyl groups is 1. The van der Waals surface area contributed by atoms with Gasteiger partial charge in [-0.2, -0.15) is 0 Å². The molecule has 3 N–H and O–H groups in total. The summed E-state index contributed by atoms with van der Waals surface area (Å²) < 4.78 is 53.2. The van der Waals surface area contributed by atoms with Crippen LogP contribution in [0.4, 0.5) is 10.1 Å². The topological polar surface area (TPSA) is 114 Å². The van der Waals surface area contributed by atoms with E-state index in [0.29, 0.717) is 30.3 Å². The zero-order valence-electron chi connectivity index (χ0n) is 18.4. The number of ether oxygens (including phenoxy) is 2. The molecule has 182 valence electrons. The van der Waals surface area contributed by atoms with Crippen LogP contribution in [0.25, 0.3) is 0 Å². The number of rotatable bonds is 8. The molecule has 1 saturated heterocycles. The van der Waals surface area contributed by atoms with Crippen molar-refractivity contribution in [1.82, 2.24) is 5.32 Å². The lowest BCUT2D eigenvalue weighted by atomic mass is 9.84. The van der Waals surface area contributed by atoms with E-state index in [1.807, 2.05) is 0 Å². The molecule has 0 unspecified atom stereocenters. The van der Waals surface area contributed by atoms with Gasteiger partial charge in [-0.3, -0.25) is 9.52 Å². The van der Waals surface area contributed by atoms with Gasteiger partial charge in [0.25, 0.3) is 10.0 Å². The Labute approximate surface area is 197 Å². The fourth-order valence-corrected chi connectivity index (χ4v) is 5.69. The predicted octanol–water partition coefficient (Wildman–Crippen LogP) is 2.54. The molecule has 0 spiro atoms. The normalized spacial score (nSPS) is 25.7. The minimum atomic E-state index is -3.90. The molecule has 0 aromatic heterocycles. The van der Waals surface area contributed by atoms with Gasteiger partial charge in [-0.15, -0.1) is 0 Å². The first-order valence-electron chi connectivity index (χ1n) is 11.4. The van der Waals surface area contributed by atoms with Crippen molar-refractivity contribution < 1.29 is 32.2 Å². The van der Waals surface area contributed by atoms with Gasteiger partial charge in [-0.25, -0.2) is 12.8 Å². The third-order valence-electron chi connectivity index (χ3n) is 6.57. The van der Waals surface area contributed by atoms with Crippen LogP contribution in [-0.2, 0) is 19.6 Å². The first-order valence-corrected chi connectivity index (χ1v) is 12.9. The molecule has 0 radical (unpaired) electrons. The molecule has 2 heterocycles. The Hall–Kier alpha value is -2.69. The van der Waals surface area contributed by atoms with Crippen molar-refractivity contribution in [2.75, 3.05) is 17.9 Å². The molecule has 1 aliphatic carbocycles. The molecular weight excluding hydrogens is 463 g/mol. The van der Waals surface area contributed by atoms with E-state index in [1.54, 1.807) is 18.2 Å². The molecule has 2 aromatic rings. The van der Waals surface area contributed by atoms with Crippen LogP contribution in [0.5, 0.6) is 5.75 Å². The highest BCUT2D eigenvalue weighted by Crippen LogP contribution is 2.47. The average molecular weight is 491 g/mol. The summed E-state index contributed by atoms with van der Waals surface area (Å²) in [5.74, 6) is 0.427. The zero-order valence-corrected chi connectivity index (χ0v) is 19.3. The smallest absolute Gasteiger partial charge is 0.261 e. The number of anilines is 1. The fourth-order valence-electron chi connectivity index (χ4n) is 4.64. The summed E-state index contributed by atoms with van der Waals surface area (Å²) in [6.07, 6.45) is 1.61. The lowest BCUT2D eigenvalue weighted by molar-refractivity contribution is -0.142. The maximum absolute atomic E-state index is 13.2. The van der Waals surface area contributed by atoms with Crippen LogP contribution >= 0.6 is 0 Å². The van der Waals surface area contributed by atoms with Crippen LogP contribution in [0.1, 0.15) is 37.2 Å². The molecule has 10 heteroatoms. The third kappa shape index (κ3) is 4.89. The Balaban J connectivity index is 1.32. The van der Waals surface area contributed by atoms with Gasteiger partial charge in [-0.1, -0.05) is 0 Å². The SMILES string of the molecule is O=C(C[C@@H]1C[C@@H]2c3cc(NS(=O)(=O)c4ccc(F)cc4)ccc3O[C@@H]2[C@@H](CO)O1)NCC1CC1. The standard InChI is InChI=1S/C24H27FN2O6S/c25-15-3-6-18(7-4-15)34(30,31)27-16-5-8-21-19(9-16)20-10-17(32-22(13-28)24(20)33-21)11-23(29)26-12-14-1-2-14/h3-9,14,17,20,22,24,27-28H,1-2,10-13H2,(H,26,29)/t17-,20+,22+,24-/m0/s1. The van der Waals surface area contributed by atoms with E-state index in [0.717, 1.165) is 30.5 Å². The number of carbonyl (C=O) groups excluding carboxylic acids is 1. The van der Waals surface area contributed by atoms with Gasteiger partial charge in [0.2, 0.25) is 5.91 Å². The number of fused-ring (bicyclic) bond motifs is 3. The van der Waals surface area contributed by atoms with Gasteiger partial charge in [0, 0.05) is 23.7 Å². The van der Waals surface area contributed by atoms with Crippen molar-refractivity contribution in [3.63, 3.8) is 0 Å². The summed E-state index contributed by atoms with van der Waals surface area (Å²) in [7, 11) is -3.90. The Morgan fingerprint density at radius 2 is 1.91 bits per heavy atom. The Morgan fingerprint density at radius 1 is 1.15 bits per heavy atom. The second-order valence-corrected chi connectivity index (χ2v) is 10.8. The molecule has 1 saturated carbocycles. The van der Waals surface area contributed by atoms with Crippen molar-refractivity contribution in [3.8, 4) is 5.75 Å². The summed E-state index contributed by atoms with van der Waals surface area (Å²) in [6.45, 7) is 0.434. The summed E-state index contributed by atoms with van der Waals surface area (Å²) in [4.78, 5) is 12.3. The molecule has 8 nitrogen and oxygen atoms in total. The number of benzene rings is 2. The molecule has 4 atom stereocenters. The largest absolute Gasteiger partial charge is 0.487 e. The lowest BCUT2D eigenvalue weighted by Crippen LogP contribution is -2.47. The van der Waals surface area contributed by atoms with Crippen LogP contribution < -0.4 is 14.8 Å². The molecule has 5 rings (SSSR count). The fraction of sp³-hybridized carbons (Fsp3) is 0.458. The predicted molar refractivity (Wildman–Crippen MR) is 122 cm³/mol. The molecular formula is C24H27FN2O6S. The number of aliphatic hydroxyl groups excluding tert-OH is 1. The summed E-state index contributed by atoms with van der Waals surface area (Å²) in [6, 6.07) is 9.57. The van der Waals surface area contributed by atoms with Crippen molar-refractivity contribution in [3.05, 3.63) is 53.8 Å². The number of hydrogen-bond donors (Lipinski definition) is 3. The van der Waals surface area contributed by atoms with Gasteiger partial charge >= 0.3 is 0 Å². The highest BCUT2D eigenvalue weighted by atomic mass is 32.2. The van der Waals surface area contributed by atoms with Gasteiger partial charge in [0.15, 0.2) is 0 Å². The maximum atomic E-state index is 13.2. The number of halogens is 1. The minimum Gasteiger partial charge on any atom is -0.487 e. The Morgan fingerprint density at radius 3 is 2.62 bits per heavy atom. The summed E-state index contributed by atoms with van der Waals surface area (Å²) in [5, 5.41) is 12.8. The van der Waals surface area contributed by atoms with Crippen LogP contribution in [0.15, 0.2) is 47.4 Å². The quantitative estimate of drug-likeness (QED) is 0.524. The Kier molecular flexibility index (Phi) is 6.22. The van der Waals surface area contributed by atoms with E-state index in [-0.39, 0.29) is 35.9 Å². The molecule has 0 bridgehead atoms. The van der Waals surface area contributed by atoms with E-state index < -0.39 is 28.0 Å². The first-order chi connectivity index (χ1) is 16.3. The van der Waals surface area contributed by atoms with E-state index in [4.69, 9.17) is 9.47 Å². The number of nitrogens with one attached hydrogen (secondary N) is 2. The lowest BCUT2D eigenvalue weighted by Gasteiger charge is -2.37. The van der Waals surface area contributed by atoms with Gasteiger partial charge in [0.05, 0.1) is 24.0 Å². The second kappa shape index (κ2) is 9.16. The zero-order chi connectivity index (χ0) is 23.9. The number of sulfonamides is 1. The van der Waals surface area contributed by atoms with E-state index >= 15 is 0 Å². The first kappa shape index (κ1) is 23.1. The molecule has 3 aliphatic rings. The van der Waals surface area contributed by atoms with Crippen molar-refractivity contribution >= 4 is 21.6 Å². The molecule has 1 amide bonds. The second-order valence-electron chi connectivity index (χ2n) is 9.17. The van der Waals surface area contributed by atoms with Gasteiger partial charge in [0.1, 0.15) is 23.8 Å². The van der Waals surface area contributed by atoms with Crippen LogP contribution in [0, 0.1) is 11.7 Å². The highest BCUT2D eigenvalue weighted by Gasteiger charge is 2.46. The molecule has 34 heavy (non-hydrogen) atoms. The summed E-state index contributed by atoms with van der Waals surface area (Å²) in [5.41, 5.74) is 1.15. The van der Waals surface area contributed by atoms with Gasteiger partial charge in [-0.05, 0) is 67.6 Å². The Bertz CT molecular complexity index is 1170. The van der Waals surface area contributed by atoms with Crippen molar-refractivity contribution in [2.24, 2.45) is 5.92 Å². The van der Waals surface area contributed by atoms with Crippen molar-refractivity contribution in [1.29, 1.82) is 0 Å². The molecule has 2 aromatic carbocycles. The van der Waals surface area contributed by atoms with Crippen LogP contribution in [0.3, 0.4) is 0 Å². The maximum Gasteiger partial charge on any atom is 0.261 e. The molecule has 2 fully saturated rings. The number of amides is 1. The number of hydrogen-bond acceptors (Lipinski definition) is 6. The average Bonchev–Trinajstić information content (AvgIpc) is 3.57. The number of carbonyl (C=O) groups is 1. The van der Waals surface area contributed by atoms with E-state index in [9.17, 15) is 22.7 Å². The highest BCUT2D eigenvalue weighted by molar-refractivity contribution is 7.92. The van der Waals surface area contributed by atoms with E-state index in [2.05, 4.69) is 10.0 Å². The van der Waals surface area contributed by atoms with Gasteiger partial charge < -0.3 is 19.9 Å². The summed E-state index contributed by atoms with van der Waals surface area (Å²) >= 11 is 0. The minimum absolute atomic E-state index is 0.0489. The van der Waals surface area contributed by atoms with Crippen molar-refractivity contribution in [2.45, 2.75) is 54.8 Å². The van der Waals surface area contributed by atoms with Crippen LogP contribution in [0.2, 0.25) is 0 Å². The third-order valence-corrected chi connectivity index (χ3v) is 7.97. The van der Waals surface area contributed by atoms with E-state index in [1.165, 1.54) is 12.1 Å². The monoisotopic (exact) mass is 490 g/mol. The molecule has 2 aliphatic heterocycles. The van der Waals surface area contributed by atoms with Crippen LogP contribution in [-0.4, -0.2) is 50.9 Å².